The quantitative estimate of drug-likeness (QED) is 0.494. The minimum Gasteiger partial charge on any atom is -0.456 e. The van der Waals surface area contributed by atoms with Gasteiger partial charge in [0.15, 0.2) is 6.61 Å². The lowest BCUT2D eigenvalue weighted by Gasteiger charge is -2.19. The molecule has 1 N–H and O–H groups in total. The van der Waals surface area contributed by atoms with Crippen molar-refractivity contribution < 1.29 is 23.9 Å². The Morgan fingerprint density at radius 2 is 1.83 bits per heavy atom. The van der Waals surface area contributed by atoms with Gasteiger partial charge in [0.1, 0.15) is 6.54 Å². The minimum absolute atomic E-state index is 0.285. The Hall–Kier alpha value is -2.44. The molecule has 1 aliphatic heterocycles. The molecular formula is C16H18N2O5. The summed E-state index contributed by atoms with van der Waals surface area (Å²) in [5, 5.41) is 0. The Morgan fingerprint density at radius 3 is 2.39 bits per heavy atom. The molecule has 0 aromatic carbocycles. The number of hydrogen-bond acceptors (Lipinski definition) is 5. The Bertz CT molecular complexity index is 613. The van der Waals surface area contributed by atoms with Crippen molar-refractivity contribution in [2.24, 2.45) is 11.8 Å². The fourth-order valence-electron chi connectivity index (χ4n) is 3.29. The van der Waals surface area contributed by atoms with Crippen LogP contribution in [0.5, 0.6) is 0 Å². The van der Waals surface area contributed by atoms with Gasteiger partial charge in [0.2, 0.25) is 17.6 Å². The average molecular weight is 318 g/mol. The molecule has 1 aromatic rings. The lowest BCUT2D eigenvalue weighted by molar-refractivity contribution is -0.152. The first-order chi connectivity index (χ1) is 11.1. The van der Waals surface area contributed by atoms with E-state index < -0.39 is 19.1 Å². The highest BCUT2D eigenvalue weighted by Gasteiger charge is 2.48. The first-order valence-electron chi connectivity index (χ1n) is 7.75. The standard InChI is InChI=1S/C16H18N2O5/c19-13(12-6-3-7-17-12)9-23-14(20)8-18-15(21)10-4-1-2-5-11(10)16(18)22/h3,6-7,10-11,17H,1-2,4-5,8-9H2/t10-,11-/m0/s1. The van der Waals surface area contributed by atoms with Crippen molar-refractivity contribution in [2.75, 3.05) is 13.2 Å². The first kappa shape index (κ1) is 15.5. The number of H-pyrrole nitrogens is 1. The molecule has 23 heavy (non-hydrogen) atoms. The van der Waals surface area contributed by atoms with Crippen LogP contribution in [-0.4, -0.2) is 46.6 Å². The molecule has 2 heterocycles. The van der Waals surface area contributed by atoms with Crippen molar-refractivity contribution in [1.82, 2.24) is 9.88 Å². The SMILES string of the molecule is O=C(CN1C(=O)[C@H]2CCCC[C@@H]2C1=O)OCC(=O)c1ccc[nH]1. The molecule has 7 nitrogen and oxygen atoms in total. The van der Waals surface area contributed by atoms with Gasteiger partial charge in [-0.2, -0.15) is 0 Å². The summed E-state index contributed by atoms with van der Waals surface area (Å²) in [6, 6.07) is 3.24. The van der Waals surface area contributed by atoms with Crippen molar-refractivity contribution >= 4 is 23.6 Å². The third-order valence-corrected chi connectivity index (χ3v) is 4.48. The summed E-state index contributed by atoms with van der Waals surface area (Å²) in [4.78, 5) is 51.7. The number of nitrogens with one attached hydrogen (secondary N) is 1. The van der Waals surface area contributed by atoms with Gasteiger partial charge in [0.25, 0.3) is 0 Å². The normalized spacial score (nSPS) is 23.7. The third kappa shape index (κ3) is 3.04. The molecule has 2 aliphatic rings. The highest BCUT2D eigenvalue weighted by Crippen LogP contribution is 2.37. The predicted octanol–water partition coefficient (Wildman–Crippen LogP) is 0.916. The molecule has 7 heteroatoms. The maximum atomic E-state index is 12.2. The van der Waals surface area contributed by atoms with E-state index in [1.165, 1.54) is 0 Å². The summed E-state index contributed by atoms with van der Waals surface area (Å²) in [5.74, 6) is -2.25. The molecule has 0 unspecified atom stereocenters. The van der Waals surface area contributed by atoms with E-state index in [0.717, 1.165) is 17.7 Å². The van der Waals surface area contributed by atoms with Gasteiger partial charge in [-0.05, 0) is 25.0 Å². The number of aromatic nitrogens is 1. The zero-order chi connectivity index (χ0) is 16.4. The van der Waals surface area contributed by atoms with Crippen molar-refractivity contribution in [3.8, 4) is 0 Å². The number of nitrogens with zero attached hydrogens (tertiary/aromatic N) is 1. The second-order valence-electron chi connectivity index (χ2n) is 5.93. The monoisotopic (exact) mass is 318 g/mol. The number of rotatable bonds is 5. The van der Waals surface area contributed by atoms with Crippen molar-refractivity contribution in [2.45, 2.75) is 25.7 Å². The van der Waals surface area contributed by atoms with E-state index in [1.54, 1.807) is 18.3 Å². The van der Waals surface area contributed by atoms with Gasteiger partial charge >= 0.3 is 5.97 Å². The summed E-state index contributed by atoms with van der Waals surface area (Å²) < 4.78 is 4.89. The number of imide groups is 1. The van der Waals surface area contributed by atoms with Gasteiger partial charge in [-0.25, -0.2) is 0 Å². The molecule has 0 radical (unpaired) electrons. The lowest BCUT2D eigenvalue weighted by atomic mass is 9.81. The number of aromatic amines is 1. The molecule has 1 aromatic heterocycles. The van der Waals surface area contributed by atoms with Crippen LogP contribution in [0.25, 0.3) is 0 Å². The van der Waals surface area contributed by atoms with E-state index >= 15 is 0 Å². The van der Waals surface area contributed by atoms with Crippen LogP contribution in [0.3, 0.4) is 0 Å². The molecule has 0 spiro atoms. The van der Waals surface area contributed by atoms with Crippen LogP contribution >= 0.6 is 0 Å². The van der Waals surface area contributed by atoms with Gasteiger partial charge in [0, 0.05) is 6.20 Å². The fourth-order valence-corrected chi connectivity index (χ4v) is 3.29. The molecular weight excluding hydrogens is 300 g/mol. The summed E-state index contributed by atoms with van der Waals surface area (Å²) in [5.41, 5.74) is 0.345. The van der Waals surface area contributed by atoms with Crippen LogP contribution < -0.4 is 0 Å². The van der Waals surface area contributed by atoms with Crippen molar-refractivity contribution in [1.29, 1.82) is 0 Å². The molecule has 2 atom stereocenters. The second kappa shape index (κ2) is 6.36. The van der Waals surface area contributed by atoms with Crippen LogP contribution in [0.15, 0.2) is 18.3 Å². The van der Waals surface area contributed by atoms with E-state index in [9.17, 15) is 19.2 Å². The molecule has 2 fully saturated rings. The predicted molar refractivity (Wildman–Crippen MR) is 78.3 cm³/mol. The smallest absolute Gasteiger partial charge is 0.326 e. The van der Waals surface area contributed by atoms with Crippen LogP contribution in [0.1, 0.15) is 36.2 Å². The van der Waals surface area contributed by atoms with E-state index in [4.69, 9.17) is 4.74 Å². The number of amides is 2. The third-order valence-electron chi connectivity index (χ3n) is 4.48. The number of esters is 1. The van der Waals surface area contributed by atoms with Gasteiger partial charge < -0.3 is 9.72 Å². The molecule has 122 valence electrons. The zero-order valence-corrected chi connectivity index (χ0v) is 12.6. The summed E-state index contributed by atoms with van der Waals surface area (Å²) in [6.07, 6.45) is 4.86. The first-order valence-corrected chi connectivity index (χ1v) is 7.75. The summed E-state index contributed by atoms with van der Waals surface area (Å²) in [6.45, 7) is -0.828. The largest absolute Gasteiger partial charge is 0.456 e. The van der Waals surface area contributed by atoms with E-state index in [1.807, 2.05) is 0 Å². The van der Waals surface area contributed by atoms with Gasteiger partial charge in [-0.1, -0.05) is 12.8 Å². The van der Waals surface area contributed by atoms with E-state index in [2.05, 4.69) is 4.98 Å². The molecule has 1 aliphatic carbocycles. The Kier molecular flexibility index (Phi) is 4.27. The number of hydrogen-bond donors (Lipinski definition) is 1. The van der Waals surface area contributed by atoms with Gasteiger partial charge in [0.05, 0.1) is 17.5 Å². The maximum Gasteiger partial charge on any atom is 0.326 e. The van der Waals surface area contributed by atoms with E-state index in [0.29, 0.717) is 18.5 Å². The molecule has 2 amide bonds. The minimum atomic E-state index is -0.745. The van der Waals surface area contributed by atoms with Crippen LogP contribution in [0, 0.1) is 11.8 Å². The Balaban J connectivity index is 1.54. The Morgan fingerprint density at radius 1 is 1.17 bits per heavy atom. The summed E-state index contributed by atoms with van der Waals surface area (Å²) in [7, 11) is 0. The zero-order valence-electron chi connectivity index (χ0n) is 12.6. The molecule has 0 bridgehead atoms. The fraction of sp³-hybridized carbons (Fsp3) is 0.500. The molecule has 1 saturated carbocycles. The van der Waals surface area contributed by atoms with Crippen LogP contribution in [0.2, 0.25) is 0 Å². The second-order valence-corrected chi connectivity index (χ2v) is 5.93. The van der Waals surface area contributed by atoms with Crippen LogP contribution in [0.4, 0.5) is 0 Å². The number of carbonyl (C=O) groups is 4. The number of ether oxygens (including phenoxy) is 1. The van der Waals surface area contributed by atoms with Crippen molar-refractivity contribution in [3.63, 3.8) is 0 Å². The van der Waals surface area contributed by atoms with Crippen LogP contribution in [-0.2, 0) is 19.1 Å². The number of likely N-dealkylation sites (tertiary alicyclic amines) is 1. The van der Waals surface area contributed by atoms with Crippen molar-refractivity contribution in [3.05, 3.63) is 24.0 Å². The van der Waals surface area contributed by atoms with E-state index in [-0.39, 0.29) is 29.4 Å². The number of carbonyl (C=O) groups excluding carboxylic acids is 4. The number of Topliss-reactive ketones (excluding diaryl/α,β-unsaturated/α-hetero) is 1. The average Bonchev–Trinajstić information content (AvgIpc) is 3.17. The summed E-state index contributed by atoms with van der Waals surface area (Å²) >= 11 is 0. The molecule has 3 rings (SSSR count). The number of ketones is 1. The maximum absolute atomic E-state index is 12.2. The number of fused-ring (bicyclic) bond motifs is 1. The van der Waals surface area contributed by atoms with Gasteiger partial charge in [-0.3, -0.25) is 24.1 Å². The molecule has 1 saturated heterocycles. The Labute approximate surface area is 133 Å². The topological polar surface area (TPSA) is 96.5 Å². The highest BCUT2D eigenvalue weighted by atomic mass is 16.5. The lowest BCUT2D eigenvalue weighted by Crippen LogP contribution is -2.37. The van der Waals surface area contributed by atoms with Gasteiger partial charge in [-0.15, -0.1) is 0 Å². The highest BCUT2D eigenvalue weighted by molar-refractivity contribution is 6.07.